The molecule has 122 valence electrons. The van der Waals surface area contributed by atoms with E-state index in [4.69, 9.17) is 5.73 Å². The van der Waals surface area contributed by atoms with Crippen LogP contribution in [0, 0.1) is 6.92 Å². The second kappa shape index (κ2) is 6.66. The fraction of sp³-hybridized carbons (Fsp3) is 0.200. The number of nitrogens with zero attached hydrogens (tertiary/aromatic N) is 1. The van der Waals surface area contributed by atoms with Crippen LogP contribution >= 0.6 is 0 Å². The number of anilines is 1. The molecule has 0 aliphatic rings. The van der Waals surface area contributed by atoms with Gasteiger partial charge in [0.15, 0.2) is 0 Å². The average Bonchev–Trinajstić information content (AvgIpc) is 2.49. The molecule has 0 spiro atoms. The van der Waals surface area contributed by atoms with Crippen LogP contribution < -0.4 is 15.8 Å². The number of halogens is 3. The summed E-state index contributed by atoms with van der Waals surface area (Å²) in [6, 6.07) is 7.13. The van der Waals surface area contributed by atoms with Gasteiger partial charge in [0.05, 0.1) is 0 Å². The maximum absolute atomic E-state index is 12.3. The molecule has 0 saturated heterocycles. The molecule has 0 unspecified atom stereocenters. The number of hydrogen-bond acceptors (Lipinski definition) is 4. The maximum atomic E-state index is 12.3. The Bertz CT molecular complexity index is 700. The van der Waals surface area contributed by atoms with Crippen LogP contribution in [0.5, 0.6) is 5.75 Å². The molecule has 1 aromatic heterocycles. The summed E-state index contributed by atoms with van der Waals surface area (Å²) >= 11 is 0. The summed E-state index contributed by atoms with van der Waals surface area (Å²) in [6.07, 6.45) is -3.34. The number of alkyl halides is 3. The first kappa shape index (κ1) is 16.8. The molecule has 0 atom stereocenters. The van der Waals surface area contributed by atoms with Crippen molar-refractivity contribution in [1.29, 1.82) is 0 Å². The van der Waals surface area contributed by atoms with Crippen molar-refractivity contribution < 1.29 is 22.7 Å². The van der Waals surface area contributed by atoms with Crippen LogP contribution in [0.25, 0.3) is 0 Å². The first-order valence-corrected chi connectivity index (χ1v) is 6.61. The van der Waals surface area contributed by atoms with Crippen molar-refractivity contribution in [1.82, 2.24) is 4.98 Å². The van der Waals surface area contributed by atoms with Crippen LogP contribution in [0.15, 0.2) is 36.5 Å². The number of carbonyl (C=O) groups excluding carboxylic acids is 1. The Hall–Kier alpha value is -2.61. The number of aryl methyl sites for hydroxylation is 1. The molecule has 8 heteroatoms. The van der Waals surface area contributed by atoms with Gasteiger partial charge in [0.2, 0.25) is 0 Å². The van der Waals surface area contributed by atoms with Crippen LogP contribution in [-0.4, -0.2) is 17.3 Å². The molecule has 0 radical (unpaired) electrons. The highest BCUT2D eigenvalue weighted by molar-refractivity contribution is 6.02. The maximum Gasteiger partial charge on any atom is 0.573 e. The van der Waals surface area contributed by atoms with Gasteiger partial charge in [0.25, 0.3) is 5.91 Å². The van der Waals surface area contributed by atoms with Crippen LogP contribution in [0.3, 0.4) is 0 Å². The lowest BCUT2D eigenvalue weighted by atomic mass is 10.2. The number of carbonyl (C=O) groups is 1. The van der Waals surface area contributed by atoms with Crippen LogP contribution in [-0.2, 0) is 6.54 Å². The Morgan fingerprint density at radius 1 is 1.30 bits per heavy atom. The monoisotopic (exact) mass is 325 g/mol. The summed E-state index contributed by atoms with van der Waals surface area (Å²) in [5.74, 6) is -0.919. The topological polar surface area (TPSA) is 77.2 Å². The zero-order valence-corrected chi connectivity index (χ0v) is 12.1. The summed E-state index contributed by atoms with van der Waals surface area (Å²) in [4.78, 5) is 16.0. The molecular weight excluding hydrogens is 311 g/mol. The normalized spacial score (nSPS) is 11.2. The lowest BCUT2D eigenvalue weighted by Gasteiger charge is -2.13. The molecule has 2 aromatic rings. The van der Waals surface area contributed by atoms with Gasteiger partial charge in [-0.25, -0.2) is 0 Å². The molecule has 0 fully saturated rings. The molecule has 0 bridgehead atoms. The number of nitrogens with two attached hydrogens (primary N) is 1. The molecular formula is C15H14F3N3O2. The minimum Gasteiger partial charge on any atom is -0.405 e. The summed E-state index contributed by atoms with van der Waals surface area (Å²) in [5.41, 5.74) is 6.79. The second-order valence-electron chi connectivity index (χ2n) is 4.74. The number of nitrogens with one attached hydrogen (secondary N) is 1. The van der Waals surface area contributed by atoms with Gasteiger partial charge in [0, 0.05) is 24.5 Å². The van der Waals surface area contributed by atoms with Crippen molar-refractivity contribution in [3.63, 3.8) is 0 Å². The van der Waals surface area contributed by atoms with Gasteiger partial charge < -0.3 is 15.8 Å². The number of amides is 1. The summed E-state index contributed by atoms with van der Waals surface area (Å²) in [5, 5.41) is 2.47. The van der Waals surface area contributed by atoms with E-state index >= 15 is 0 Å². The number of aromatic nitrogens is 1. The number of pyridine rings is 1. The smallest absolute Gasteiger partial charge is 0.405 e. The lowest BCUT2D eigenvalue weighted by molar-refractivity contribution is -0.274. The van der Waals surface area contributed by atoms with Gasteiger partial charge >= 0.3 is 6.36 Å². The number of rotatable bonds is 4. The van der Waals surface area contributed by atoms with Crippen LogP contribution in [0.2, 0.25) is 0 Å². The predicted octanol–water partition coefficient (Wildman–Crippen LogP) is 3.00. The van der Waals surface area contributed by atoms with E-state index in [2.05, 4.69) is 15.0 Å². The van der Waals surface area contributed by atoms with Crippen molar-refractivity contribution in [2.75, 3.05) is 5.32 Å². The Morgan fingerprint density at radius 2 is 2.04 bits per heavy atom. The highest BCUT2D eigenvalue weighted by Crippen LogP contribution is 2.28. The molecule has 3 N–H and O–H groups in total. The van der Waals surface area contributed by atoms with Gasteiger partial charge in [-0.1, -0.05) is 12.1 Å². The SMILES string of the molecule is Cc1ccc(NC(=O)c2ccc(CN)cn2)cc1OC(F)(F)F. The molecule has 2 rings (SSSR count). The minimum atomic E-state index is -4.80. The zero-order valence-electron chi connectivity index (χ0n) is 12.1. The third-order valence-corrected chi connectivity index (χ3v) is 2.96. The zero-order chi connectivity index (χ0) is 17.0. The Balaban J connectivity index is 2.15. The molecule has 0 aliphatic heterocycles. The molecule has 5 nitrogen and oxygen atoms in total. The van der Waals surface area contributed by atoms with Crippen LogP contribution in [0.1, 0.15) is 21.6 Å². The highest BCUT2D eigenvalue weighted by Gasteiger charge is 2.31. The largest absolute Gasteiger partial charge is 0.573 e. The Morgan fingerprint density at radius 3 is 2.61 bits per heavy atom. The van der Waals surface area contributed by atoms with Crippen molar-refractivity contribution >= 4 is 11.6 Å². The molecule has 1 aromatic carbocycles. The fourth-order valence-corrected chi connectivity index (χ4v) is 1.79. The molecule has 1 amide bonds. The van der Waals surface area contributed by atoms with E-state index in [-0.39, 0.29) is 17.1 Å². The summed E-state index contributed by atoms with van der Waals surface area (Å²) in [7, 11) is 0. The standard InChI is InChI=1S/C15H14F3N3O2/c1-9-2-4-11(6-13(9)23-15(16,17)18)21-14(22)12-5-3-10(7-19)8-20-12/h2-6,8H,7,19H2,1H3,(H,21,22). The first-order valence-electron chi connectivity index (χ1n) is 6.61. The van der Waals surface area contributed by atoms with Gasteiger partial charge in [0.1, 0.15) is 11.4 Å². The van der Waals surface area contributed by atoms with Gasteiger partial charge in [-0.05, 0) is 30.2 Å². The second-order valence-corrected chi connectivity index (χ2v) is 4.74. The summed E-state index contributed by atoms with van der Waals surface area (Å²) < 4.78 is 40.9. The first-order chi connectivity index (χ1) is 10.8. The van der Waals surface area contributed by atoms with E-state index in [0.29, 0.717) is 12.1 Å². The van der Waals surface area contributed by atoms with Gasteiger partial charge in [-0.2, -0.15) is 0 Å². The number of benzene rings is 1. The quantitative estimate of drug-likeness (QED) is 0.906. The molecule has 0 saturated carbocycles. The number of ether oxygens (including phenoxy) is 1. The average molecular weight is 325 g/mol. The van der Waals surface area contributed by atoms with Crippen molar-refractivity contribution in [2.24, 2.45) is 5.73 Å². The lowest BCUT2D eigenvalue weighted by Crippen LogP contribution is -2.18. The third-order valence-electron chi connectivity index (χ3n) is 2.96. The fourth-order valence-electron chi connectivity index (χ4n) is 1.79. The van der Waals surface area contributed by atoms with Gasteiger partial charge in [-0.3, -0.25) is 9.78 Å². The van der Waals surface area contributed by atoms with E-state index in [1.807, 2.05) is 0 Å². The minimum absolute atomic E-state index is 0.126. The van der Waals surface area contributed by atoms with Crippen molar-refractivity contribution in [2.45, 2.75) is 19.8 Å². The third kappa shape index (κ3) is 4.68. The van der Waals surface area contributed by atoms with E-state index in [0.717, 1.165) is 11.6 Å². The summed E-state index contributed by atoms with van der Waals surface area (Å²) in [6.45, 7) is 1.77. The predicted molar refractivity (Wildman–Crippen MR) is 77.9 cm³/mol. The van der Waals surface area contributed by atoms with Crippen LogP contribution in [0.4, 0.5) is 18.9 Å². The van der Waals surface area contributed by atoms with Crippen molar-refractivity contribution in [3.05, 3.63) is 53.3 Å². The number of hydrogen-bond donors (Lipinski definition) is 2. The molecule has 0 aliphatic carbocycles. The van der Waals surface area contributed by atoms with E-state index in [1.165, 1.54) is 31.3 Å². The molecule has 1 heterocycles. The Kier molecular flexibility index (Phi) is 4.85. The Labute approximate surface area is 130 Å². The van der Waals surface area contributed by atoms with E-state index in [9.17, 15) is 18.0 Å². The van der Waals surface area contributed by atoms with Gasteiger partial charge in [-0.15, -0.1) is 13.2 Å². The highest BCUT2D eigenvalue weighted by atomic mass is 19.4. The van der Waals surface area contributed by atoms with E-state index in [1.54, 1.807) is 6.07 Å². The molecule has 23 heavy (non-hydrogen) atoms. The van der Waals surface area contributed by atoms with Crippen molar-refractivity contribution in [3.8, 4) is 5.75 Å². The van der Waals surface area contributed by atoms with E-state index < -0.39 is 12.3 Å².